The molecule has 1 N–H and O–H groups in total. The third-order valence-corrected chi connectivity index (χ3v) is 4.77. The van der Waals surface area contributed by atoms with Gasteiger partial charge in [0.05, 0.1) is 5.69 Å². The number of carbonyl (C=O) groups is 1. The topological polar surface area (TPSA) is 32.3 Å². The van der Waals surface area contributed by atoms with Crippen LogP contribution in [0.3, 0.4) is 0 Å². The second-order valence-electron chi connectivity index (χ2n) is 6.40. The quantitative estimate of drug-likeness (QED) is 0.809. The van der Waals surface area contributed by atoms with Crippen molar-refractivity contribution in [2.45, 2.75) is 26.2 Å². The highest BCUT2D eigenvalue weighted by molar-refractivity contribution is 5.89. The first-order valence-electron chi connectivity index (χ1n) is 8.16. The number of nitrogens with one attached hydrogen (secondary N) is 1. The van der Waals surface area contributed by atoms with Crippen LogP contribution in [0.5, 0.6) is 0 Å². The number of para-hydroxylation sites is 1. The number of hydrogen-bond donors (Lipinski definition) is 1. The van der Waals surface area contributed by atoms with Crippen molar-refractivity contribution in [1.29, 1.82) is 0 Å². The van der Waals surface area contributed by atoms with Crippen molar-refractivity contribution in [1.82, 2.24) is 4.90 Å². The fourth-order valence-electron chi connectivity index (χ4n) is 3.69. The Bertz CT molecular complexity index is 572. The molecule has 3 atom stereocenters. The summed E-state index contributed by atoms with van der Waals surface area (Å²) in [5, 5.41) is 2.71. The summed E-state index contributed by atoms with van der Waals surface area (Å²) >= 11 is 0. The van der Waals surface area contributed by atoms with Gasteiger partial charge in [0.2, 0.25) is 0 Å². The zero-order valence-corrected chi connectivity index (χ0v) is 13.0. The zero-order valence-electron chi connectivity index (χ0n) is 13.0. The lowest BCUT2D eigenvalue weighted by atomic mass is 9.93. The van der Waals surface area contributed by atoms with Crippen LogP contribution >= 0.6 is 0 Å². The lowest BCUT2D eigenvalue weighted by molar-refractivity contribution is 0.195. The Labute approximate surface area is 131 Å². The van der Waals surface area contributed by atoms with Crippen LogP contribution in [0.2, 0.25) is 0 Å². The monoisotopic (exact) mass is 302 g/mol. The van der Waals surface area contributed by atoms with Crippen molar-refractivity contribution in [3.8, 4) is 0 Å². The molecule has 0 aliphatic heterocycles. The number of nitrogens with zero attached hydrogens (tertiary/aromatic N) is 1. The molecule has 2 aliphatic carbocycles. The summed E-state index contributed by atoms with van der Waals surface area (Å²) in [6.45, 7) is 3.53. The molecule has 0 spiro atoms. The first kappa shape index (κ1) is 15.1. The van der Waals surface area contributed by atoms with E-state index >= 15 is 0 Å². The Balaban J connectivity index is 1.64. The molecule has 22 heavy (non-hydrogen) atoms. The van der Waals surface area contributed by atoms with Gasteiger partial charge in [-0.25, -0.2) is 9.18 Å². The summed E-state index contributed by atoms with van der Waals surface area (Å²) < 4.78 is 13.7. The first-order valence-corrected chi connectivity index (χ1v) is 8.16. The van der Waals surface area contributed by atoms with Crippen molar-refractivity contribution < 1.29 is 9.18 Å². The number of halogens is 1. The van der Waals surface area contributed by atoms with Gasteiger partial charge in [0.15, 0.2) is 0 Å². The summed E-state index contributed by atoms with van der Waals surface area (Å²) in [7, 11) is 0. The van der Waals surface area contributed by atoms with Gasteiger partial charge in [0.25, 0.3) is 0 Å². The van der Waals surface area contributed by atoms with Gasteiger partial charge in [0.1, 0.15) is 5.82 Å². The number of fused-ring (bicyclic) bond motifs is 2. The number of carbonyl (C=O) groups excluding carboxylic acids is 1. The van der Waals surface area contributed by atoms with E-state index in [2.05, 4.69) is 24.4 Å². The minimum absolute atomic E-state index is 0.196. The molecule has 2 amide bonds. The van der Waals surface area contributed by atoms with Gasteiger partial charge in [-0.1, -0.05) is 31.2 Å². The number of urea groups is 1. The predicted molar refractivity (Wildman–Crippen MR) is 86.1 cm³/mol. The van der Waals surface area contributed by atoms with E-state index in [0.29, 0.717) is 24.3 Å². The molecule has 118 valence electrons. The molecule has 1 fully saturated rings. The molecule has 3 nitrogen and oxygen atoms in total. The fourth-order valence-corrected chi connectivity index (χ4v) is 3.69. The lowest BCUT2D eigenvalue weighted by Gasteiger charge is -2.28. The van der Waals surface area contributed by atoms with Crippen LogP contribution < -0.4 is 5.32 Å². The number of hydrogen-bond acceptors (Lipinski definition) is 1. The Morgan fingerprint density at radius 3 is 2.77 bits per heavy atom. The summed E-state index contributed by atoms with van der Waals surface area (Å²) in [5.74, 6) is 1.47. The molecule has 4 heteroatoms. The van der Waals surface area contributed by atoms with Crippen LogP contribution in [-0.4, -0.2) is 24.0 Å². The Kier molecular flexibility index (Phi) is 4.46. The van der Waals surface area contributed by atoms with Crippen LogP contribution in [0.4, 0.5) is 14.9 Å². The maximum absolute atomic E-state index is 13.7. The average molecular weight is 302 g/mol. The third-order valence-electron chi connectivity index (χ3n) is 4.77. The summed E-state index contributed by atoms with van der Waals surface area (Å²) in [6, 6.07) is 6.11. The average Bonchev–Trinajstić information content (AvgIpc) is 3.12. The van der Waals surface area contributed by atoms with Gasteiger partial charge < -0.3 is 10.2 Å². The van der Waals surface area contributed by atoms with E-state index in [1.54, 1.807) is 18.2 Å². The number of anilines is 1. The summed E-state index contributed by atoms with van der Waals surface area (Å²) in [6.07, 6.45) is 7.93. The third kappa shape index (κ3) is 3.16. The molecule has 2 aliphatic rings. The zero-order chi connectivity index (χ0) is 15.5. The van der Waals surface area contributed by atoms with E-state index in [1.807, 2.05) is 4.90 Å². The molecule has 3 rings (SSSR count). The van der Waals surface area contributed by atoms with E-state index in [9.17, 15) is 9.18 Å². The highest BCUT2D eigenvalue weighted by atomic mass is 19.1. The van der Waals surface area contributed by atoms with Crippen LogP contribution in [0.1, 0.15) is 26.2 Å². The molecule has 1 saturated carbocycles. The Hall–Kier alpha value is -1.84. The standard InChI is InChI=1S/C18H23FN2O/c1-2-9-21(12-15-11-13-7-8-14(15)10-13)18(22)20-17-6-4-3-5-16(17)19/h3-8,13-15H,2,9-12H2,1H3,(H,20,22). The van der Waals surface area contributed by atoms with Gasteiger partial charge in [-0.15, -0.1) is 0 Å². The van der Waals surface area contributed by atoms with Crippen LogP contribution in [0, 0.1) is 23.6 Å². The molecule has 3 unspecified atom stereocenters. The van der Waals surface area contributed by atoms with Gasteiger partial charge in [0, 0.05) is 13.1 Å². The van der Waals surface area contributed by atoms with Crippen LogP contribution in [0.15, 0.2) is 36.4 Å². The number of amides is 2. The molecular weight excluding hydrogens is 279 g/mol. The maximum Gasteiger partial charge on any atom is 0.321 e. The second-order valence-corrected chi connectivity index (χ2v) is 6.40. The largest absolute Gasteiger partial charge is 0.324 e. The van der Waals surface area contributed by atoms with Crippen molar-refractivity contribution >= 4 is 11.7 Å². The molecule has 2 bridgehead atoms. The van der Waals surface area contributed by atoms with E-state index in [4.69, 9.17) is 0 Å². The minimum Gasteiger partial charge on any atom is -0.324 e. The van der Waals surface area contributed by atoms with E-state index < -0.39 is 5.82 Å². The molecule has 0 radical (unpaired) electrons. The van der Waals surface area contributed by atoms with E-state index in [1.165, 1.54) is 18.9 Å². The molecule has 0 aromatic heterocycles. The van der Waals surface area contributed by atoms with Crippen molar-refractivity contribution in [3.05, 3.63) is 42.2 Å². The van der Waals surface area contributed by atoms with Crippen LogP contribution in [-0.2, 0) is 0 Å². The molecular formula is C18H23FN2O. The van der Waals surface area contributed by atoms with Crippen molar-refractivity contribution in [2.75, 3.05) is 18.4 Å². The summed E-state index contributed by atoms with van der Waals surface area (Å²) in [4.78, 5) is 14.3. The second kappa shape index (κ2) is 6.51. The lowest BCUT2D eigenvalue weighted by Crippen LogP contribution is -2.40. The normalized spacial score (nSPS) is 25.5. The molecule has 1 aromatic carbocycles. The Morgan fingerprint density at radius 2 is 2.14 bits per heavy atom. The number of allylic oxidation sites excluding steroid dienone is 2. The highest BCUT2D eigenvalue weighted by Gasteiger charge is 2.37. The van der Waals surface area contributed by atoms with E-state index in [-0.39, 0.29) is 11.7 Å². The first-order chi connectivity index (χ1) is 10.7. The van der Waals surface area contributed by atoms with Gasteiger partial charge in [-0.3, -0.25) is 0 Å². The molecule has 1 aromatic rings. The smallest absolute Gasteiger partial charge is 0.321 e. The Morgan fingerprint density at radius 1 is 1.32 bits per heavy atom. The van der Waals surface area contributed by atoms with Gasteiger partial charge >= 0.3 is 6.03 Å². The van der Waals surface area contributed by atoms with Gasteiger partial charge in [-0.05, 0) is 49.1 Å². The highest BCUT2D eigenvalue weighted by Crippen LogP contribution is 2.43. The molecule has 0 saturated heterocycles. The number of benzene rings is 1. The SMILES string of the molecule is CCCN(CC1CC2C=CC1C2)C(=O)Nc1ccccc1F. The minimum atomic E-state index is -0.393. The molecule has 0 heterocycles. The van der Waals surface area contributed by atoms with Crippen molar-refractivity contribution in [2.24, 2.45) is 17.8 Å². The predicted octanol–water partition coefficient (Wildman–Crippen LogP) is 4.28. The van der Waals surface area contributed by atoms with Crippen LogP contribution in [0.25, 0.3) is 0 Å². The van der Waals surface area contributed by atoms with E-state index in [0.717, 1.165) is 13.0 Å². The fraction of sp³-hybridized carbons (Fsp3) is 0.500. The number of rotatable bonds is 5. The van der Waals surface area contributed by atoms with Gasteiger partial charge in [-0.2, -0.15) is 0 Å². The van der Waals surface area contributed by atoms with Crippen molar-refractivity contribution in [3.63, 3.8) is 0 Å². The maximum atomic E-state index is 13.7. The summed E-state index contributed by atoms with van der Waals surface area (Å²) in [5.41, 5.74) is 0.251.